The zero-order valence-corrected chi connectivity index (χ0v) is 22.1. The molecule has 0 radical (unpaired) electrons. The van der Waals surface area contributed by atoms with Crippen LogP contribution in [0.5, 0.6) is 5.75 Å². The summed E-state index contributed by atoms with van der Waals surface area (Å²) in [6.45, 7) is 12.4. The fraction of sp³-hybridized carbons (Fsp3) is 0.391. The molecule has 2 aliphatic rings. The molecule has 0 amide bonds. The third-order valence-corrected chi connectivity index (χ3v) is 5.22. The molecule has 6 N–H and O–H groups in total. The molecule has 1 fully saturated rings. The van der Waals surface area contributed by atoms with Gasteiger partial charge in [-0.3, -0.25) is 11.3 Å². The zero-order valence-electron chi connectivity index (χ0n) is 19.0. The van der Waals surface area contributed by atoms with Crippen LogP contribution in [0.2, 0.25) is 0 Å². The molecule has 0 atom stereocenters. The van der Waals surface area contributed by atoms with E-state index < -0.39 is 0 Å². The summed E-state index contributed by atoms with van der Waals surface area (Å²) in [6.07, 6.45) is 10.1. The van der Waals surface area contributed by atoms with E-state index in [1.165, 1.54) is 6.20 Å². The second-order valence-electron chi connectivity index (χ2n) is 7.88. The summed E-state index contributed by atoms with van der Waals surface area (Å²) in [5.41, 5.74) is 11.8. The number of hydrogen-bond acceptors (Lipinski definition) is 7. The second-order valence-corrected chi connectivity index (χ2v) is 7.88. The first-order valence-corrected chi connectivity index (χ1v) is 10.1. The number of allylic oxidation sites excluding steroid dienone is 2. The van der Waals surface area contributed by atoms with E-state index in [1.54, 1.807) is 18.2 Å². The Morgan fingerprint density at radius 2 is 2.03 bits per heavy atom. The van der Waals surface area contributed by atoms with Gasteiger partial charge in [0.05, 0.1) is 11.4 Å². The molecule has 0 unspecified atom stereocenters. The Bertz CT molecular complexity index is 834. The van der Waals surface area contributed by atoms with E-state index in [1.807, 2.05) is 6.08 Å². The van der Waals surface area contributed by atoms with Crippen LogP contribution in [0.25, 0.3) is 5.70 Å². The number of nitrogens with two attached hydrogens (primary N) is 2. The van der Waals surface area contributed by atoms with E-state index in [-0.39, 0.29) is 62.5 Å². The molecular weight excluding hydrogens is 415 g/mol. The van der Waals surface area contributed by atoms with E-state index in [9.17, 15) is 5.11 Å². The number of piperidine rings is 1. The van der Waals surface area contributed by atoms with Gasteiger partial charge in [0.1, 0.15) is 5.75 Å². The SMILES string of the molecule is CCC1=CC(c2ccc(/C(N)=C/NN)cc2O)=NN=[C-]C1.[CH2-]C1([CH2-])CCN(C)CC1.[K+]. The molecule has 2 heterocycles. The minimum Gasteiger partial charge on any atom is -0.507 e. The second kappa shape index (κ2) is 13.5. The number of aromatic hydroxyl groups is 1. The van der Waals surface area contributed by atoms with Crippen molar-refractivity contribution in [2.45, 2.75) is 32.6 Å². The molecule has 0 aliphatic carbocycles. The fourth-order valence-corrected chi connectivity index (χ4v) is 3.05. The van der Waals surface area contributed by atoms with Gasteiger partial charge < -0.3 is 46.3 Å². The molecular formula is C23H33KN6O-2. The van der Waals surface area contributed by atoms with Gasteiger partial charge in [-0.25, -0.2) is 0 Å². The van der Waals surface area contributed by atoms with Crippen LogP contribution < -0.4 is 68.4 Å². The number of benzene rings is 1. The number of likely N-dealkylation sites (tertiary alicyclic amines) is 1. The van der Waals surface area contributed by atoms with Crippen LogP contribution in [0.15, 0.2) is 46.3 Å². The van der Waals surface area contributed by atoms with E-state index >= 15 is 0 Å². The van der Waals surface area contributed by atoms with Gasteiger partial charge in [0.15, 0.2) is 0 Å². The normalized spacial score (nSPS) is 18.5. The summed E-state index contributed by atoms with van der Waals surface area (Å²) >= 11 is 0. The third kappa shape index (κ3) is 9.17. The average Bonchev–Trinajstić information content (AvgIpc) is 2.96. The Kier molecular flexibility index (Phi) is 12.2. The molecule has 0 saturated carbocycles. The van der Waals surface area contributed by atoms with Crippen LogP contribution in [-0.2, 0) is 0 Å². The first-order valence-electron chi connectivity index (χ1n) is 10.1. The molecule has 1 saturated heterocycles. The van der Waals surface area contributed by atoms with Crippen molar-refractivity contribution in [2.75, 3.05) is 20.1 Å². The number of hydrogen-bond donors (Lipinski definition) is 4. The summed E-state index contributed by atoms with van der Waals surface area (Å²) in [5, 5.41) is 18.2. The number of phenolic OH excluding ortho intramolecular Hbond substituents is 1. The third-order valence-electron chi connectivity index (χ3n) is 5.22. The molecule has 0 spiro atoms. The molecule has 0 bridgehead atoms. The van der Waals surface area contributed by atoms with Gasteiger partial charge in [-0.05, 0) is 44.8 Å². The summed E-state index contributed by atoms with van der Waals surface area (Å²) in [5.74, 6) is 5.27. The largest absolute Gasteiger partial charge is 1.00 e. The molecule has 31 heavy (non-hydrogen) atoms. The number of hydrazine groups is 1. The van der Waals surface area contributed by atoms with Crippen molar-refractivity contribution >= 4 is 17.6 Å². The summed E-state index contributed by atoms with van der Waals surface area (Å²) in [7, 11) is 2.15. The van der Waals surface area contributed by atoms with Crippen molar-refractivity contribution in [3.63, 3.8) is 0 Å². The maximum absolute atomic E-state index is 10.2. The van der Waals surface area contributed by atoms with Crippen LogP contribution in [0.4, 0.5) is 0 Å². The molecule has 3 rings (SSSR count). The Morgan fingerprint density at radius 3 is 2.58 bits per heavy atom. The van der Waals surface area contributed by atoms with E-state index in [2.05, 4.69) is 54.6 Å². The fourth-order valence-electron chi connectivity index (χ4n) is 3.05. The monoisotopic (exact) mass is 448 g/mol. The van der Waals surface area contributed by atoms with Gasteiger partial charge in [0.2, 0.25) is 0 Å². The average molecular weight is 449 g/mol. The Hall–Kier alpha value is -1.00. The van der Waals surface area contributed by atoms with Gasteiger partial charge in [-0.1, -0.05) is 31.4 Å². The summed E-state index contributed by atoms with van der Waals surface area (Å²) in [4.78, 5) is 2.33. The topological polar surface area (TPSA) is 112 Å². The number of nitrogens with zero attached hydrogens (tertiary/aromatic N) is 3. The Morgan fingerprint density at radius 1 is 1.35 bits per heavy atom. The maximum Gasteiger partial charge on any atom is 1.00 e. The number of phenols is 1. The van der Waals surface area contributed by atoms with Gasteiger partial charge in [-0.15, -0.1) is 6.42 Å². The minimum atomic E-state index is 0. The van der Waals surface area contributed by atoms with Crippen LogP contribution in [0.3, 0.4) is 0 Å². The van der Waals surface area contributed by atoms with E-state index in [4.69, 9.17) is 11.6 Å². The van der Waals surface area contributed by atoms with Crippen molar-refractivity contribution in [3.8, 4) is 5.75 Å². The summed E-state index contributed by atoms with van der Waals surface area (Å²) < 4.78 is 0. The van der Waals surface area contributed by atoms with Crippen molar-refractivity contribution < 1.29 is 56.5 Å². The van der Waals surface area contributed by atoms with Crippen LogP contribution in [-0.4, -0.2) is 42.1 Å². The number of nitrogens with one attached hydrogen (secondary N) is 1. The van der Waals surface area contributed by atoms with E-state index in [0.29, 0.717) is 29.0 Å². The summed E-state index contributed by atoms with van der Waals surface area (Å²) in [6, 6.07) is 5.11. The van der Waals surface area contributed by atoms with Crippen LogP contribution >= 0.6 is 0 Å². The van der Waals surface area contributed by atoms with Crippen molar-refractivity contribution in [3.05, 3.63) is 61.0 Å². The maximum atomic E-state index is 10.2. The van der Waals surface area contributed by atoms with Gasteiger partial charge in [-0.2, -0.15) is 5.10 Å². The first kappa shape index (κ1) is 28.0. The van der Waals surface area contributed by atoms with Crippen molar-refractivity contribution in [1.82, 2.24) is 10.3 Å². The standard InChI is InChI=1S/C15H18N5O.C8H15N.K/c1-2-10-5-6-19-20-14(7-10)12-4-3-11(8-15(12)21)13(16)9-18-17;1-8(2)4-6-9(3)7-5-8;/h3-4,7-9,18,21H,2,5,16-17H2,1H3;1-2,4-7H2,3H3;/q-1;-2;+1/b13-9-;;. The molecule has 2 aliphatic heterocycles. The van der Waals surface area contributed by atoms with Gasteiger partial charge in [0.25, 0.3) is 0 Å². The molecule has 7 nitrogen and oxygen atoms in total. The Balaban J connectivity index is 0.000000404. The minimum absolute atomic E-state index is 0. The van der Waals surface area contributed by atoms with Gasteiger partial charge >= 0.3 is 51.4 Å². The predicted octanol–water partition coefficient (Wildman–Crippen LogP) is -0.125. The molecule has 8 heteroatoms. The van der Waals surface area contributed by atoms with Crippen molar-refractivity contribution in [1.29, 1.82) is 0 Å². The quantitative estimate of drug-likeness (QED) is 0.222. The molecule has 1 aromatic rings. The first-order chi connectivity index (χ1) is 14.3. The molecule has 1 aromatic carbocycles. The van der Waals surface area contributed by atoms with Crippen LogP contribution in [0, 0.1) is 19.3 Å². The molecule has 164 valence electrons. The smallest absolute Gasteiger partial charge is 0.507 e. The number of rotatable bonds is 4. The van der Waals surface area contributed by atoms with Crippen LogP contribution in [0.1, 0.15) is 43.7 Å². The molecule has 0 aromatic heterocycles. The van der Waals surface area contributed by atoms with Gasteiger partial charge in [0, 0.05) is 17.3 Å². The van der Waals surface area contributed by atoms with E-state index in [0.717, 1.165) is 37.9 Å². The predicted molar refractivity (Wildman–Crippen MR) is 124 cm³/mol. The van der Waals surface area contributed by atoms with Crippen molar-refractivity contribution in [2.24, 2.45) is 27.2 Å². The Labute approximate surface area is 229 Å². The zero-order chi connectivity index (χ0) is 22.1.